The minimum atomic E-state index is -0.516. The SMILES string of the molecule is O=C(N[C@@H](CO)c1ccccc1)c1ccc(C(=O)N[C@@H](CO)c2ccccc2)cc1. The lowest BCUT2D eigenvalue weighted by Crippen LogP contribution is -2.31. The van der Waals surface area contributed by atoms with Crippen LogP contribution in [0.4, 0.5) is 0 Å². The summed E-state index contributed by atoms with van der Waals surface area (Å²) in [6.07, 6.45) is 0. The minimum Gasteiger partial charge on any atom is -0.394 e. The zero-order valence-corrected chi connectivity index (χ0v) is 16.4. The maximum absolute atomic E-state index is 12.5. The van der Waals surface area contributed by atoms with E-state index in [4.69, 9.17) is 0 Å². The van der Waals surface area contributed by atoms with Crippen LogP contribution in [0.5, 0.6) is 0 Å². The summed E-state index contributed by atoms with van der Waals surface area (Å²) < 4.78 is 0. The predicted octanol–water partition coefficient (Wildman–Crippen LogP) is 2.61. The molecular formula is C24H24N2O4. The molecule has 0 aliphatic rings. The summed E-state index contributed by atoms with van der Waals surface area (Å²) >= 11 is 0. The van der Waals surface area contributed by atoms with Gasteiger partial charge in [0.1, 0.15) is 0 Å². The van der Waals surface area contributed by atoms with Crippen LogP contribution in [-0.2, 0) is 0 Å². The molecule has 0 saturated carbocycles. The number of hydrogen-bond donors (Lipinski definition) is 4. The second-order valence-electron chi connectivity index (χ2n) is 6.82. The first-order valence-corrected chi connectivity index (χ1v) is 9.65. The molecule has 0 aliphatic heterocycles. The Morgan fingerprint density at radius 1 is 0.600 bits per heavy atom. The first kappa shape index (κ1) is 21.2. The van der Waals surface area contributed by atoms with E-state index in [1.807, 2.05) is 60.7 Å². The van der Waals surface area contributed by atoms with Gasteiger partial charge in [0.2, 0.25) is 0 Å². The molecule has 6 heteroatoms. The highest BCUT2D eigenvalue weighted by molar-refractivity contribution is 5.98. The molecule has 0 radical (unpaired) electrons. The van der Waals surface area contributed by atoms with E-state index in [0.29, 0.717) is 11.1 Å². The predicted molar refractivity (Wildman–Crippen MR) is 114 cm³/mol. The molecule has 6 nitrogen and oxygen atoms in total. The zero-order chi connectivity index (χ0) is 21.3. The van der Waals surface area contributed by atoms with Gasteiger partial charge < -0.3 is 20.8 Å². The molecule has 0 aliphatic carbocycles. The molecule has 2 atom stereocenters. The summed E-state index contributed by atoms with van der Waals surface area (Å²) in [6.45, 7) is -0.448. The Hall–Kier alpha value is -3.48. The first-order chi connectivity index (χ1) is 14.6. The molecule has 0 fully saturated rings. The Morgan fingerprint density at radius 3 is 1.23 bits per heavy atom. The molecule has 2 amide bonds. The second kappa shape index (κ2) is 10.3. The summed E-state index contributed by atoms with van der Waals surface area (Å²) in [5, 5.41) is 24.8. The molecule has 30 heavy (non-hydrogen) atoms. The number of carbonyl (C=O) groups excluding carboxylic acids is 2. The Balaban J connectivity index is 1.65. The maximum Gasteiger partial charge on any atom is 0.251 e. The zero-order valence-electron chi connectivity index (χ0n) is 16.4. The molecule has 3 aromatic rings. The number of amides is 2. The van der Waals surface area contributed by atoms with E-state index < -0.39 is 12.1 Å². The van der Waals surface area contributed by atoms with Gasteiger partial charge in [-0.2, -0.15) is 0 Å². The van der Waals surface area contributed by atoms with E-state index in [9.17, 15) is 19.8 Å². The summed E-state index contributed by atoms with van der Waals surface area (Å²) in [4.78, 5) is 25.0. The van der Waals surface area contributed by atoms with Crippen LogP contribution in [0.3, 0.4) is 0 Å². The third kappa shape index (κ3) is 5.31. The fourth-order valence-electron chi connectivity index (χ4n) is 3.10. The standard InChI is InChI=1S/C24H24N2O4/c27-15-21(17-7-3-1-4-8-17)25-23(29)19-11-13-20(14-12-19)24(30)26-22(16-28)18-9-5-2-6-10-18/h1-14,21-22,27-28H,15-16H2,(H,25,29)(H,26,30)/t21-,22-/m0/s1. The smallest absolute Gasteiger partial charge is 0.251 e. The number of aliphatic hydroxyl groups is 2. The highest BCUT2D eigenvalue weighted by Gasteiger charge is 2.17. The van der Waals surface area contributed by atoms with Crippen molar-refractivity contribution in [2.24, 2.45) is 0 Å². The van der Waals surface area contributed by atoms with Crippen LogP contribution >= 0.6 is 0 Å². The number of rotatable bonds is 8. The first-order valence-electron chi connectivity index (χ1n) is 9.65. The van der Waals surface area contributed by atoms with Gasteiger partial charge >= 0.3 is 0 Å². The molecule has 0 spiro atoms. The van der Waals surface area contributed by atoms with Crippen molar-refractivity contribution in [3.05, 3.63) is 107 Å². The van der Waals surface area contributed by atoms with Crippen molar-refractivity contribution in [3.8, 4) is 0 Å². The van der Waals surface area contributed by atoms with Crippen LogP contribution in [0.25, 0.3) is 0 Å². The van der Waals surface area contributed by atoms with Gasteiger partial charge in [0.25, 0.3) is 11.8 Å². The quantitative estimate of drug-likeness (QED) is 0.464. The normalized spacial score (nSPS) is 12.6. The van der Waals surface area contributed by atoms with E-state index in [1.54, 1.807) is 24.3 Å². The Morgan fingerprint density at radius 2 is 0.933 bits per heavy atom. The molecule has 0 unspecified atom stereocenters. The van der Waals surface area contributed by atoms with Gasteiger partial charge in [-0.1, -0.05) is 60.7 Å². The Kier molecular flexibility index (Phi) is 7.32. The molecule has 0 aromatic heterocycles. The third-order valence-corrected chi connectivity index (χ3v) is 4.79. The highest BCUT2D eigenvalue weighted by Crippen LogP contribution is 2.15. The molecular weight excluding hydrogens is 380 g/mol. The second-order valence-corrected chi connectivity index (χ2v) is 6.82. The van der Waals surface area contributed by atoms with Crippen molar-refractivity contribution in [3.63, 3.8) is 0 Å². The lowest BCUT2D eigenvalue weighted by atomic mass is 10.1. The number of carbonyl (C=O) groups is 2. The number of nitrogens with one attached hydrogen (secondary N) is 2. The van der Waals surface area contributed by atoms with Crippen molar-refractivity contribution in [1.29, 1.82) is 0 Å². The number of aliphatic hydroxyl groups excluding tert-OH is 2. The maximum atomic E-state index is 12.5. The fraction of sp³-hybridized carbons (Fsp3) is 0.167. The van der Waals surface area contributed by atoms with Crippen LogP contribution in [0.1, 0.15) is 43.9 Å². The van der Waals surface area contributed by atoms with E-state index >= 15 is 0 Å². The number of hydrogen-bond acceptors (Lipinski definition) is 4. The Labute approximate surface area is 175 Å². The monoisotopic (exact) mass is 404 g/mol. The van der Waals surface area contributed by atoms with Crippen LogP contribution in [0, 0.1) is 0 Å². The lowest BCUT2D eigenvalue weighted by molar-refractivity contribution is 0.0905. The van der Waals surface area contributed by atoms with Gasteiger partial charge in [-0.25, -0.2) is 0 Å². The molecule has 0 saturated heterocycles. The van der Waals surface area contributed by atoms with Crippen molar-refractivity contribution in [1.82, 2.24) is 10.6 Å². The van der Waals surface area contributed by atoms with E-state index in [-0.39, 0.29) is 25.0 Å². The largest absolute Gasteiger partial charge is 0.394 e. The van der Waals surface area contributed by atoms with Gasteiger partial charge in [-0.15, -0.1) is 0 Å². The Bertz CT molecular complexity index is 879. The van der Waals surface area contributed by atoms with Gasteiger partial charge in [0, 0.05) is 11.1 Å². The summed E-state index contributed by atoms with van der Waals surface area (Å²) in [7, 11) is 0. The van der Waals surface area contributed by atoms with Crippen molar-refractivity contribution in [2.75, 3.05) is 13.2 Å². The minimum absolute atomic E-state index is 0.224. The average molecular weight is 404 g/mol. The molecule has 154 valence electrons. The third-order valence-electron chi connectivity index (χ3n) is 4.79. The summed E-state index contributed by atoms with van der Waals surface area (Å²) in [5.74, 6) is -0.690. The van der Waals surface area contributed by atoms with Crippen LogP contribution in [0.15, 0.2) is 84.9 Å². The topological polar surface area (TPSA) is 98.7 Å². The van der Waals surface area contributed by atoms with Gasteiger partial charge in [-0.3, -0.25) is 9.59 Å². The van der Waals surface area contributed by atoms with Crippen molar-refractivity contribution in [2.45, 2.75) is 12.1 Å². The van der Waals surface area contributed by atoms with Crippen LogP contribution in [-0.4, -0.2) is 35.2 Å². The molecule has 3 aromatic carbocycles. The summed E-state index contributed by atoms with van der Waals surface area (Å²) in [5.41, 5.74) is 2.37. The number of benzene rings is 3. The highest BCUT2D eigenvalue weighted by atomic mass is 16.3. The van der Waals surface area contributed by atoms with E-state index in [0.717, 1.165) is 11.1 Å². The van der Waals surface area contributed by atoms with Crippen molar-refractivity contribution < 1.29 is 19.8 Å². The van der Waals surface area contributed by atoms with Crippen LogP contribution < -0.4 is 10.6 Å². The summed E-state index contributed by atoms with van der Waals surface area (Å²) in [6, 6.07) is 23.6. The van der Waals surface area contributed by atoms with E-state index in [1.165, 1.54) is 0 Å². The van der Waals surface area contributed by atoms with Gasteiger partial charge in [-0.05, 0) is 35.4 Å². The van der Waals surface area contributed by atoms with E-state index in [2.05, 4.69) is 10.6 Å². The average Bonchev–Trinajstić information content (AvgIpc) is 2.81. The lowest BCUT2D eigenvalue weighted by Gasteiger charge is -2.18. The molecule has 0 bridgehead atoms. The molecule has 3 rings (SSSR count). The fourth-order valence-corrected chi connectivity index (χ4v) is 3.10. The molecule has 0 heterocycles. The van der Waals surface area contributed by atoms with Crippen LogP contribution in [0.2, 0.25) is 0 Å². The van der Waals surface area contributed by atoms with Gasteiger partial charge in [0.15, 0.2) is 0 Å². The van der Waals surface area contributed by atoms with Gasteiger partial charge in [0.05, 0.1) is 25.3 Å². The molecule has 4 N–H and O–H groups in total. The van der Waals surface area contributed by atoms with Crippen molar-refractivity contribution >= 4 is 11.8 Å².